The molecule has 2 aliphatic rings. The monoisotopic (exact) mass is 461 g/mol. The molecule has 0 aromatic carbocycles. The fraction of sp³-hybridized carbons (Fsp3) is 0.815. The number of carbonyl (C=O) groups excluding carboxylic acids is 3. The lowest BCUT2D eigenvalue weighted by molar-refractivity contribution is -0.142. The Morgan fingerprint density at radius 3 is 2.12 bits per heavy atom. The molecule has 0 spiro atoms. The highest BCUT2D eigenvalue weighted by atomic mass is 16.2. The lowest BCUT2D eigenvalue weighted by Crippen LogP contribution is -2.60. The minimum atomic E-state index is -0.639. The van der Waals surface area contributed by atoms with Crippen molar-refractivity contribution in [3.63, 3.8) is 0 Å². The van der Waals surface area contributed by atoms with Crippen LogP contribution in [0.3, 0.4) is 0 Å². The third-order valence-corrected chi connectivity index (χ3v) is 7.15. The zero-order chi connectivity index (χ0) is 25.1. The zero-order valence-electron chi connectivity index (χ0n) is 22.4. The van der Waals surface area contributed by atoms with Crippen LogP contribution >= 0.6 is 0 Å². The number of allylic oxidation sites excluding steroid dienone is 1. The number of hydrogen-bond donors (Lipinski definition) is 1. The van der Waals surface area contributed by atoms with Crippen LogP contribution in [0.5, 0.6) is 0 Å². The molecule has 0 bridgehead atoms. The van der Waals surface area contributed by atoms with Crippen molar-refractivity contribution in [2.24, 2.45) is 17.3 Å². The van der Waals surface area contributed by atoms with Crippen molar-refractivity contribution in [3.8, 4) is 0 Å². The molecule has 1 heterocycles. The number of ketones is 1. The quantitative estimate of drug-likeness (QED) is 0.523. The van der Waals surface area contributed by atoms with Crippen LogP contribution in [0.15, 0.2) is 11.6 Å². The van der Waals surface area contributed by atoms with Gasteiger partial charge >= 0.3 is 0 Å². The Hall–Kier alpha value is -1.69. The van der Waals surface area contributed by atoms with Gasteiger partial charge in [0.05, 0.1) is 12.1 Å². The van der Waals surface area contributed by atoms with Crippen molar-refractivity contribution in [2.45, 2.75) is 112 Å². The van der Waals surface area contributed by atoms with Crippen LogP contribution in [-0.4, -0.2) is 65.2 Å². The first-order chi connectivity index (χ1) is 15.3. The molecule has 2 fully saturated rings. The van der Waals surface area contributed by atoms with Crippen LogP contribution in [0.4, 0.5) is 0 Å². The molecule has 0 radical (unpaired) electrons. The van der Waals surface area contributed by atoms with Crippen LogP contribution < -0.4 is 5.32 Å². The fourth-order valence-corrected chi connectivity index (χ4v) is 4.85. The first kappa shape index (κ1) is 27.6. The molecule has 33 heavy (non-hydrogen) atoms. The predicted octanol–water partition coefficient (Wildman–Crippen LogP) is 4.19. The smallest absolute Gasteiger partial charge is 0.245 e. The average molecular weight is 462 g/mol. The van der Waals surface area contributed by atoms with Crippen molar-refractivity contribution < 1.29 is 14.4 Å². The third-order valence-electron chi connectivity index (χ3n) is 7.15. The first-order valence-corrected chi connectivity index (χ1v) is 12.8. The Morgan fingerprint density at radius 2 is 1.64 bits per heavy atom. The van der Waals surface area contributed by atoms with E-state index in [1.54, 1.807) is 11.9 Å². The fourth-order valence-electron chi connectivity index (χ4n) is 4.85. The van der Waals surface area contributed by atoms with Crippen molar-refractivity contribution in [1.29, 1.82) is 0 Å². The van der Waals surface area contributed by atoms with E-state index >= 15 is 0 Å². The van der Waals surface area contributed by atoms with E-state index in [2.05, 4.69) is 37.9 Å². The van der Waals surface area contributed by atoms with E-state index in [9.17, 15) is 14.4 Å². The molecule has 2 rings (SSSR count). The van der Waals surface area contributed by atoms with Gasteiger partial charge in [0, 0.05) is 19.0 Å². The molecule has 1 aliphatic carbocycles. The van der Waals surface area contributed by atoms with Crippen LogP contribution in [0, 0.1) is 17.3 Å². The van der Waals surface area contributed by atoms with Gasteiger partial charge in [-0.25, -0.2) is 0 Å². The molecule has 1 saturated heterocycles. The van der Waals surface area contributed by atoms with Gasteiger partial charge in [-0.1, -0.05) is 47.1 Å². The Morgan fingerprint density at radius 1 is 1.03 bits per heavy atom. The Bertz CT molecular complexity index is 746. The summed E-state index contributed by atoms with van der Waals surface area (Å²) in [6.07, 6.45) is 6.85. The highest BCUT2D eigenvalue weighted by Crippen LogP contribution is 2.33. The summed E-state index contributed by atoms with van der Waals surface area (Å²) in [4.78, 5) is 43.6. The summed E-state index contributed by atoms with van der Waals surface area (Å²) in [6.45, 7) is 17.1. The Labute approximate surface area is 201 Å². The average Bonchev–Trinajstić information content (AvgIpc) is 3.58. The molecule has 1 N–H and O–H groups in total. The molecule has 0 aromatic heterocycles. The molecular formula is C27H47N3O3. The Kier molecular flexibility index (Phi) is 9.32. The standard InChI is InChI=1S/C27H47N3O3/c1-17(2)22(16-19(5)23(31)20-13-14-20)29(9)26(33)24(27(6,7)8)28-25(32)21-12-10-11-15-30(21)18(3)4/h16-18,20-22,24H,10-15H2,1-9H3,(H,28,32)/b19-16+/t21?,22-,24?/m1/s1. The molecule has 6 heteroatoms. The molecule has 2 unspecified atom stereocenters. The number of nitrogens with one attached hydrogen (secondary N) is 1. The van der Waals surface area contributed by atoms with Gasteiger partial charge in [0.15, 0.2) is 5.78 Å². The molecule has 1 aliphatic heterocycles. The molecule has 1 saturated carbocycles. The van der Waals surface area contributed by atoms with Gasteiger partial charge in [-0.05, 0) is 69.9 Å². The third kappa shape index (κ3) is 7.14. The predicted molar refractivity (Wildman–Crippen MR) is 134 cm³/mol. The minimum absolute atomic E-state index is 0.0539. The van der Waals surface area contributed by atoms with E-state index in [1.165, 1.54) is 0 Å². The SMILES string of the molecule is C/C(=C\[C@H](C(C)C)N(C)C(=O)C(NC(=O)C1CCCCN1C(C)C)C(C)(C)C)C(=O)C1CC1. The number of piperidine rings is 1. The van der Waals surface area contributed by atoms with Crippen molar-refractivity contribution in [3.05, 3.63) is 11.6 Å². The van der Waals surface area contributed by atoms with E-state index in [4.69, 9.17) is 0 Å². The molecule has 3 atom stereocenters. The number of hydrogen-bond acceptors (Lipinski definition) is 4. The molecule has 0 aromatic rings. The van der Waals surface area contributed by atoms with Crippen molar-refractivity contribution in [2.75, 3.05) is 13.6 Å². The van der Waals surface area contributed by atoms with Crippen LogP contribution in [0.25, 0.3) is 0 Å². The summed E-state index contributed by atoms with van der Waals surface area (Å²) >= 11 is 0. The number of nitrogens with zero attached hydrogens (tertiary/aromatic N) is 2. The van der Waals surface area contributed by atoms with Crippen LogP contribution in [-0.2, 0) is 14.4 Å². The number of Topliss-reactive ketones (excluding diaryl/α,β-unsaturated/α-hetero) is 1. The van der Waals surface area contributed by atoms with Gasteiger partial charge in [0.25, 0.3) is 0 Å². The molecule has 2 amide bonds. The largest absolute Gasteiger partial charge is 0.342 e. The van der Waals surface area contributed by atoms with E-state index in [0.717, 1.165) is 44.2 Å². The zero-order valence-corrected chi connectivity index (χ0v) is 22.4. The van der Waals surface area contributed by atoms with E-state index in [1.807, 2.05) is 33.8 Å². The summed E-state index contributed by atoms with van der Waals surface area (Å²) < 4.78 is 0. The van der Waals surface area contributed by atoms with E-state index < -0.39 is 11.5 Å². The lowest BCUT2D eigenvalue weighted by atomic mass is 9.84. The highest BCUT2D eigenvalue weighted by Gasteiger charge is 2.40. The number of amides is 2. The van der Waals surface area contributed by atoms with Crippen LogP contribution in [0.2, 0.25) is 0 Å². The Balaban J connectivity index is 2.23. The molecule has 188 valence electrons. The second-order valence-electron chi connectivity index (χ2n) is 11.8. The summed E-state index contributed by atoms with van der Waals surface area (Å²) in [5, 5.41) is 3.13. The van der Waals surface area contributed by atoms with Gasteiger partial charge in [0.2, 0.25) is 11.8 Å². The minimum Gasteiger partial charge on any atom is -0.342 e. The van der Waals surface area contributed by atoms with Gasteiger partial charge in [-0.15, -0.1) is 0 Å². The number of rotatable bonds is 9. The number of likely N-dealkylation sites (tertiary alicyclic amines) is 1. The lowest BCUT2D eigenvalue weighted by Gasteiger charge is -2.41. The molecule has 6 nitrogen and oxygen atoms in total. The summed E-state index contributed by atoms with van der Waals surface area (Å²) in [5.74, 6) is 0.350. The topological polar surface area (TPSA) is 69.7 Å². The van der Waals surface area contributed by atoms with Gasteiger partial charge < -0.3 is 10.2 Å². The van der Waals surface area contributed by atoms with E-state index in [0.29, 0.717) is 0 Å². The first-order valence-electron chi connectivity index (χ1n) is 12.8. The maximum absolute atomic E-state index is 13.8. The maximum Gasteiger partial charge on any atom is 0.245 e. The number of likely N-dealkylation sites (N-methyl/N-ethyl adjacent to an activating group) is 1. The van der Waals surface area contributed by atoms with Crippen molar-refractivity contribution >= 4 is 17.6 Å². The van der Waals surface area contributed by atoms with Gasteiger partial charge in [-0.2, -0.15) is 0 Å². The number of carbonyl (C=O) groups is 3. The second-order valence-corrected chi connectivity index (χ2v) is 11.8. The summed E-state index contributed by atoms with van der Waals surface area (Å²) in [7, 11) is 1.80. The maximum atomic E-state index is 13.8. The van der Waals surface area contributed by atoms with Gasteiger partial charge in [-0.3, -0.25) is 19.3 Å². The summed E-state index contributed by atoms with van der Waals surface area (Å²) in [5.41, 5.74) is 0.296. The van der Waals surface area contributed by atoms with E-state index in [-0.39, 0.29) is 47.6 Å². The van der Waals surface area contributed by atoms with Gasteiger partial charge in [0.1, 0.15) is 6.04 Å². The second kappa shape index (κ2) is 11.2. The van der Waals surface area contributed by atoms with Crippen molar-refractivity contribution in [1.82, 2.24) is 15.1 Å². The summed E-state index contributed by atoms with van der Waals surface area (Å²) in [6, 6.07) is -0.750. The normalized spacial score (nSPS) is 22.3. The molecular weight excluding hydrogens is 414 g/mol. The highest BCUT2D eigenvalue weighted by molar-refractivity contribution is 5.98. The van der Waals surface area contributed by atoms with Crippen LogP contribution in [0.1, 0.15) is 87.5 Å².